The van der Waals surface area contributed by atoms with Gasteiger partial charge in [0.1, 0.15) is 0 Å². The van der Waals surface area contributed by atoms with Crippen LogP contribution in [0.1, 0.15) is 61.8 Å². The first-order chi connectivity index (χ1) is 22.0. The Balaban J connectivity index is 1.22. The third-order valence-corrected chi connectivity index (χ3v) is 12.1. The molecule has 45 heavy (non-hydrogen) atoms. The lowest BCUT2D eigenvalue weighted by Crippen LogP contribution is -2.32. The second-order valence-corrected chi connectivity index (χ2v) is 14.6. The normalized spacial score (nSPS) is 22.8. The SMILES string of the molecule is CC1(C)c2ccccc2-c2ccc(N(c3ccc4c(c3)C3(CC5CCC3C5)c3ccccc3-4)c3cccc4ccccc34)cc21. The van der Waals surface area contributed by atoms with Crippen molar-refractivity contribution in [3.05, 3.63) is 150 Å². The lowest BCUT2D eigenvalue weighted by Gasteiger charge is -2.37. The summed E-state index contributed by atoms with van der Waals surface area (Å²) < 4.78 is 0. The van der Waals surface area contributed by atoms with Crippen LogP contribution in [-0.4, -0.2) is 0 Å². The third kappa shape index (κ3) is 3.34. The summed E-state index contributed by atoms with van der Waals surface area (Å²) in [5, 5.41) is 2.55. The summed E-state index contributed by atoms with van der Waals surface area (Å²) in [5.41, 5.74) is 15.4. The van der Waals surface area contributed by atoms with E-state index in [1.165, 1.54) is 86.9 Å². The number of rotatable bonds is 3. The second kappa shape index (κ2) is 8.98. The predicted octanol–water partition coefficient (Wildman–Crippen LogP) is 11.7. The van der Waals surface area contributed by atoms with Gasteiger partial charge in [0.15, 0.2) is 0 Å². The van der Waals surface area contributed by atoms with Crippen molar-refractivity contribution in [2.24, 2.45) is 11.8 Å². The number of hydrogen-bond donors (Lipinski definition) is 0. The summed E-state index contributed by atoms with van der Waals surface area (Å²) in [7, 11) is 0. The monoisotopic (exact) mass is 579 g/mol. The van der Waals surface area contributed by atoms with Gasteiger partial charge in [0, 0.05) is 27.6 Å². The van der Waals surface area contributed by atoms with Crippen LogP contribution in [0.3, 0.4) is 0 Å². The van der Waals surface area contributed by atoms with Crippen molar-refractivity contribution in [3.63, 3.8) is 0 Å². The minimum Gasteiger partial charge on any atom is -0.310 e. The zero-order valence-electron chi connectivity index (χ0n) is 26.1. The van der Waals surface area contributed by atoms with E-state index in [0.717, 1.165) is 11.8 Å². The zero-order valence-corrected chi connectivity index (χ0v) is 26.1. The molecule has 0 radical (unpaired) electrons. The lowest BCUT2D eigenvalue weighted by molar-refractivity contribution is 0.327. The Hall–Kier alpha value is -4.62. The molecule has 1 heteroatoms. The molecule has 6 aromatic carbocycles. The molecule has 1 nitrogen and oxygen atoms in total. The highest BCUT2D eigenvalue weighted by Crippen LogP contribution is 2.66. The molecule has 10 rings (SSSR count). The van der Waals surface area contributed by atoms with Gasteiger partial charge >= 0.3 is 0 Å². The van der Waals surface area contributed by atoms with Crippen molar-refractivity contribution in [3.8, 4) is 22.3 Å². The van der Waals surface area contributed by atoms with Gasteiger partial charge in [-0.2, -0.15) is 0 Å². The molecule has 4 aliphatic carbocycles. The molecule has 0 amide bonds. The van der Waals surface area contributed by atoms with Crippen LogP contribution in [0.4, 0.5) is 17.1 Å². The van der Waals surface area contributed by atoms with Gasteiger partial charge in [0.05, 0.1) is 5.69 Å². The van der Waals surface area contributed by atoms with Crippen LogP contribution in [0, 0.1) is 11.8 Å². The third-order valence-electron chi connectivity index (χ3n) is 12.1. The van der Waals surface area contributed by atoms with Crippen LogP contribution < -0.4 is 4.90 Å². The quantitative estimate of drug-likeness (QED) is 0.202. The molecule has 0 heterocycles. The van der Waals surface area contributed by atoms with Crippen molar-refractivity contribution in [1.29, 1.82) is 0 Å². The fourth-order valence-electron chi connectivity index (χ4n) is 10.2. The van der Waals surface area contributed by atoms with Crippen molar-refractivity contribution in [2.75, 3.05) is 4.90 Å². The molecule has 0 aliphatic heterocycles. The molecular formula is C44H37N. The first kappa shape index (κ1) is 25.7. The molecule has 2 bridgehead atoms. The molecule has 0 aromatic heterocycles. The van der Waals surface area contributed by atoms with Crippen molar-refractivity contribution in [1.82, 2.24) is 0 Å². The van der Waals surface area contributed by atoms with Crippen LogP contribution in [-0.2, 0) is 10.8 Å². The van der Waals surface area contributed by atoms with Crippen molar-refractivity contribution < 1.29 is 0 Å². The summed E-state index contributed by atoms with van der Waals surface area (Å²) >= 11 is 0. The molecule has 2 fully saturated rings. The Morgan fingerprint density at radius 1 is 0.556 bits per heavy atom. The molecular weight excluding hydrogens is 542 g/mol. The molecule has 1 spiro atoms. The standard InChI is InChI=1S/C44H37N/c1-43(2)38-15-7-5-13-34(38)36-22-20-31(25-40(36)43)45(42-17-9-11-29-10-3-4-12-33(29)42)32-21-23-37-35-14-6-8-16-39(35)44(41(37)26-32)27-28-18-19-30(44)24-28/h3-17,20-23,25-26,28,30H,18-19,24,27H2,1-2H3. The van der Waals surface area contributed by atoms with Crippen molar-refractivity contribution >= 4 is 27.8 Å². The maximum atomic E-state index is 2.59. The van der Waals surface area contributed by atoms with E-state index in [-0.39, 0.29) is 10.8 Å². The highest BCUT2D eigenvalue weighted by molar-refractivity contribution is 6.00. The molecule has 6 aromatic rings. The molecule has 0 N–H and O–H groups in total. The number of nitrogens with zero attached hydrogens (tertiary/aromatic N) is 1. The number of benzene rings is 6. The van der Waals surface area contributed by atoms with Gasteiger partial charge in [-0.15, -0.1) is 0 Å². The summed E-state index contributed by atoms with van der Waals surface area (Å²) in [4.78, 5) is 2.55. The largest absolute Gasteiger partial charge is 0.310 e. The lowest BCUT2D eigenvalue weighted by atomic mass is 9.67. The van der Waals surface area contributed by atoms with Gasteiger partial charge in [-0.3, -0.25) is 0 Å². The van der Waals surface area contributed by atoms with E-state index < -0.39 is 0 Å². The number of hydrogen-bond acceptors (Lipinski definition) is 1. The first-order valence-corrected chi connectivity index (χ1v) is 16.8. The Kier molecular flexibility index (Phi) is 5.12. The average Bonchev–Trinajstić information content (AvgIpc) is 3.82. The fraction of sp³-hybridized carbons (Fsp3) is 0.227. The van der Waals surface area contributed by atoms with E-state index in [1.54, 1.807) is 11.1 Å². The second-order valence-electron chi connectivity index (χ2n) is 14.6. The maximum Gasteiger partial charge on any atom is 0.0540 e. The molecule has 4 aliphatic rings. The van der Waals surface area contributed by atoms with E-state index >= 15 is 0 Å². The van der Waals surface area contributed by atoms with E-state index in [1.807, 2.05) is 0 Å². The first-order valence-electron chi connectivity index (χ1n) is 16.8. The van der Waals surface area contributed by atoms with Gasteiger partial charge in [0.2, 0.25) is 0 Å². The highest BCUT2D eigenvalue weighted by Gasteiger charge is 2.56. The van der Waals surface area contributed by atoms with E-state index in [2.05, 4.69) is 146 Å². The van der Waals surface area contributed by atoms with Gasteiger partial charge in [-0.05, 0) is 111 Å². The van der Waals surface area contributed by atoms with Crippen LogP contribution in [0.2, 0.25) is 0 Å². The molecule has 218 valence electrons. The summed E-state index contributed by atoms with van der Waals surface area (Å²) in [5.74, 6) is 1.60. The molecule has 3 unspecified atom stereocenters. The van der Waals surface area contributed by atoms with Gasteiger partial charge < -0.3 is 4.90 Å². The Labute approximate surface area is 266 Å². The highest BCUT2D eigenvalue weighted by atomic mass is 15.1. The predicted molar refractivity (Wildman–Crippen MR) is 188 cm³/mol. The van der Waals surface area contributed by atoms with Crippen LogP contribution in [0.15, 0.2) is 127 Å². The molecule has 3 atom stereocenters. The Morgan fingerprint density at radius 2 is 1.18 bits per heavy atom. The van der Waals surface area contributed by atoms with Crippen LogP contribution in [0.5, 0.6) is 0 Å². The minimum absolute atomic E-state index is 0.0565. The van der Waals surface area contributed by atoms with Crippen molar-refractivity contribution in [2.45, 2.75) is 50.4 Å². The number of anilines is 3. The number of fused-ring (bicyclic) bond motifs is 12. The van der Waals surface area contributed by atoms with E-state index in [9.17, 15) is 0 Å². The van der Waals surface area contributed by atoms with E-state index in [0.29, 0.717) is 0 Å². The minimum atomic E-state index is -0.0565. The van der Waals surface area contributed by atoms with Gasteiger partial charge in [-0.1, -0.05) is 117 Å². The summed E-state index contributed by atoms with van der Waals surface area (Å²) in [6, 6.07) is 48.5. The van der Waals surface area contributed by atoms with Crippen LogP contribution >= 0.6 is 0 Å². The Morgan fingerprint density at radius 3 is 1.93 bits per heavy atom. The summed E-state index contributed by atoms with van der Waals surface area (Å²) in [6.07, 6.45) is 5.44. The average molecular weight is 580 g/mol. The Bertz CT molecular complexity index is 2180. The van der Waals surface area contributed by atoms with Crippen LogP contribution in [0.25, 0.3) is 33.0 Å². The van der Waals surface area contributed by atoms with Gasteiger partial charge in [-0.25, -0.2) is 0 Å². The zero-order chi connectivity index (χ0) is 29.9. The maximum absolute atomic E-state index is 2.59. The molecule has 2 saturated carbocycles. The molecule has 0 saturated heterocycles. The van der Waals surface area contributed by atoms with Gasteiger partial charge in [0.25, 0.3) is 0 Å². The van der Waals surface area contributed by atoms with E-state index in [4.69, 9.17) is 0 Å². The fourth-order valence-corrected chi connectivity index (χ4v) is 10.2. The summed E-state index contributed by atoms with van der Waals surface area (Å²) in [6.45, 7) is 4.77. The smallest absolute Gasteiger partial charge is 0.0540 e. The topological polar surface area (TPSA) is 3.24 Å².